The molecule has 1 heterocycles. The molecule has 0 unspecified atom stereocenters. The molecular formula is C19H29N3OS. The number of amides is 1. The molecule has 0 saturated heterocycles. The van der Waals surface area contributed by atoms with Gasteiger partial charge in [-0.3, -0.25) is 4.79 Å². The van der Waals surface area contributed by atoms with E-state index in [9.17, 15) is 4.79 Å². The minimum Gasteiger partial charge on any atom is -0.354 e. The Kier molecular flexibility index (Phi) is 7.18. The monoisotopic (exact) mass is 347 g/mol. The van der Waals surface area contributed by atoms with Gasteiger partial charge in [-0.05, 0) is 37.9 Å². The maximum atomic E-state index is 12.8. The van der Waals surface area contributed by atoms with Crippen LogP contribution in [0.5, 0.6) is 0 Å². The van der Waals surface area contributed by atoms with Crippen molar-refractivity contribution in [2.75, 3.05) is 19.6 Å². The van der Waals surface area contributed by atoms with E-state index in [2.05, 4.69) is 37.5 Å². The van der Waals surface area contributed by atoms with E-state index in [0.717, 1.165) is 42.9 Å². The van der Waals surface area contributed by atoms with Gasteiger partial charge in [-0.15, -0.1) is 11.3 Å². The first-order chi connectivity index (χ1) is 11.6. The van der Waals surface area contributed by atoms with E-state index < -0.39 is 0 Å². The van der Waals surface area contributed by atoms with Gasteiger partial charge in [0.1, 0.15) is 0 Å². The predicted octanol–water partition coefficient (Wildman–Crippen LogP) is 3.76. The molecule has 0 fully saturated rings. The molecule has 2 N–H and O–H groups in total. The highest BCUT2D eigenvalue weighted by molar-refractivity contribution is 7.18. The molecule has 0 aliphatic carbocycles. The number of benzene rings is 1. The van der Waals surface area contributed by atoms with Crippen LogP contribution < -0.4 is 10.6 Å². The van der Waals surface area contributed by atoms with Crippen LogP contribution in [0.3, 0.4) is 0 Å². The third-order valence-corrected chi connectivity index (χ3v) is 5.71. The molecule has 1 aromatic heterocycles. The average Bonchev–Trinajstić information content (AvgIpc) is 3.01. The number of carbonyl (C=O) groups excluding carboxylic acids is 1. The molecule has 5 heteroatoms. The number of carbonyl (C=O) groups is 1. The highest BCUT2D eigenvalue weighted by Crippen LogP contribution is 2.34. The molecule has 24 heavy (non-hydrogen) atoms. The standard InChI is InChI=1S/C19H29N3OS/c1-4-11-20-12-13-21-18(23)19(5-2,6-3)14-17-22-15-9-7-8-10-16(15)24-17/h7-10,20H,4-6,11-14H2,1-3H3,(H,21,23). The molecule has 0 aliphatic heterocycles. The number of hydrogen-bond acceptors (Lipinski definition) is 4. The van der Waals surface area contributed by atoms with Gasteiger partial charge in [0.15, 0.2) is 0 Å². The summed E-state index contributed by atoms with van der Waals surface area (Å²) < 4.78 is 1.19. The lowest BCUT2D eigenvalue weighted by atomic mass is 9.78. The third kappa shape index (κ3) is 4.54. The first-order valence-electron chi connectivity index (χ1n) is 8.98. The number of fused-ring (bicyclic) bond motifs is 1. The van der Waals surface area contributed by atoms with Crippen molar-refractivity contribution < 1.29 is 4.79 Å². The van der Waals surface area contributed by atoms with E-state index in [4.69, 9.17) is 4.98 Å². The topological polar surface area (TPSA) is 54.0 Å². The lowest BCUT2D eigenvalue weighted by Gasteiger charge is -2.29. The fraction of sp³-hybridized carbons (Fsp3) is 0.579. The van der Waals surface area contributed by atoms with E-state index in [1.165, 1.54) is 4.70 Å². The summed E-state index contributed by atoms with van der Waals surface area (Å²) in [5.74, 6) is 0.157. The van der Waals surface area contributed by atoms with Crippen LogP contribution in [0, 0.1) is 5.41 Å². The smallest absolute Gasteiger partial charge is 0.226 e. The Bertz CT molecular complexity index is 616. The maximum absolute atomic E-state index is 12.8. The summed E-state index contributed by atoms with van der Waals surface area (Å²) in [6, 6.07) is 8.17. The molecule has 1 amide bonds. The first kappa shape index (κ1) is 18.9. The van der Waals surface area contributed by atoms with Gasteiger partial charge in [0, 0.05) is 19.5 Å². The van der Waals surface area contributed by atoms with Gasteiger partial charge in [-0.1, -0.05) is 32.9 Å². The number of nitrogens with one attached hydrogen (secondary N) is 2. The second-order valence-electron chi connectivity index (χ2n) is 6.25. The Morgan fingerprint density at radius 1 is 1.12 bits per heavy atom. The zero-order chi connectivity index (χ0) is 17.4. The van der Waals surface area contributed by atoms with Crippen LogP contribution >= 0.6 is 11.3 Å². The van der Waals surface area contributed by atoms with Crippen LogP contribution in [0.1, 0.15) is 45.0 Å². The number of para-hydroxylation sites is 1. The van der Waals surface area contributed by atoms with Crippen molar-refractivity contribution >= 4 is 27.5 Å². The van der Waals surface area contributed by atoms with E-state index >= 15 is 0 Å². The molecule has 0 aliphatic rings. The lowest BCUT2D eigenvalue weighted by Crippen LogP contribution is -2.44. The summed E-state index contributed by atoms with van der Waals surface area (Å²) in [6.45, 7) is 8.85. The fourth-order valence-electron chi connectivity index (χ4n) is 2.94. The van der Waals surface area contributed by atoms with Gasteiger partial charge >= 0.3 is 0 Å². The van der Waals surface area contributed by atoms with E-state index in [-0.39, 0.29) is 11.3 Å². The van der Waals surface area contributed by atoms with Gasteiger partial charge in [0.2, 0.25) is 5.91 Å². The molecular weight excluding hydrogens is 318 g/mol. The Morgan fingerprint density at radius 2 is 1.88 bits per heavy atom. The summed E-state index contributed by atoms with van der Waals surface area (Å²) in [6.07, 6.45) is 3.48. The van der Waals surface area contributed by atoms with Crippen LogP contribution in [0.2, 0.25) is 0 Å². The summed E-state index contributed by atoms with van der Waals surface area (Å²) in [5.41, 5.74) is 0.668. The van der Waals surface area contributed by atoms with Gasteiger partial charge in [-0.25, -0.2) is 4.98 Å². The highest BCUT2D eigenvalue weighted by atomic mass is 32.1. The maximum Gasteiger partial charge on any atom is 0.226 e. The average molecular weight is 348 g/mol. The van der Waals surface area contributed by atoms with Crippen molar-refractivity contribution in [2.45, 2.75) is 46.5 Å². The van der Waals surface area contributed by atoms with Gasteiger partial charge in [-0.2, -0.15) is 0 Å². The van der Waals surface area contributed by atoms with Gasteiger partial charge in [0.25, 0.3) is 0 Å². The van der Waals surface area contributed by atoms with Crippen molar-refractivity contribution in [3.05, 3.63) is 29.3 Å². The Labute approximate surface area is 149 Å². The zero-order valence-corrected chi connectivity index (χ0v) is 15.8. The Morgan fingerprint density at radius 3 is 2.54 bits per heavy atom. The second kappa shape index (κ2) is 9.14. The molecule has 2 aromatic rings. The number of rotatable bonds is 10. The quantitative estimate of drug-likeness (QED) is 0.643. The van der Waals surface area contributed by atoms with Gasteiger partial charge < -0.3 is 10.6 Å². The normalized spacial score (nSPS) is 11.8. The minimum atomic E-state index is -0.362. The predicted molar refractivity (Wildman–Crippen MR) is 103 cm³/mol. The lowest BCUT2D eigenvalue weighted by molar-refractivity contribution is -0.131. The molecule has 1 aromatic carbocycles. The van der Waals surface area contributed by atoms with Crippen LogP contribution in [0.25, 0.3) is 10.2 Å². The van der Waals surface area contributed by atoms with Crippen molar-refractivity contribution in [3.63, 3.8) is 0 Å². The van der Waals surface area contributed by atoms with Crippen LogP contribution in [-0.4, -0.2) is 30.5 Å². The molecule has 4 nitrogen and oxygen atoms in total. The molecule has 0 saturated carbocycles. The fourth-order valence-corrected chi connectivity index (χ4v) is 4.05. The second-order valence-corrected chi connectivity index (χ2v) is 7.36. The summed E-state index contributed by atoms with van der Waals surface area (Å²) in [7, 11) is 0. The highest BCUT2D eigenvalue weighted by Gasteiger charge is 2.35. The molecule has 0 bridgehead atoms. The minimum absolute atomic E-state index is 0.157. The number of aromatic nitrogens is 1. The van der Waals surface area contributed by atoms with Crippen molar-refractivity contribution in [3.8, 4) is 0 Å². The number of thiazole rings is 1. The van der Waals surface area contributed by atoms with E-state index in [0.29, 0.717) is 13.0 Å². The molecule has 2 rings (SSSR count). The summed E-state index contributed by atoms with van der Waals surface area (Å²) in [4.78, 5) is 17.5. The first-order valence-corrected chi connectivity index (χ1v) is 9.80. The zero-order valence-electron chi connectivity index (χ0n) is 15.0. The van der Waals surface area contributed by atoms with Crippen LogP contribution in [-0.2, 0) is 11.2 Å². The van der Waals surface area contributed by atoms with Crippen molar-refractivity contribution in [1.82, 2.24) is 15.6 Å². The summed E-state index contributed by atoms with van der Waals surface area (Å²) >= 11 is 1.70. The largest absolute Gasteiger partial charge is 0.354 e. The Balaban J connectivity index is 2.04. The molecule has 0 atom stereocenters. The van der Waals surface area contributed by atoms with Crippen molar-refractivity contribution in [1.29, 1.82) is 0 Å². The van der Waals surface area contributed by atoms with Crippen LogP contribution in [0.4, 0.5) is 0 Å². The number of nitrogens with zero attached hydrogens (tertiary/aromatic N) is 1. The summed E-state index contributed by atoms with van der Waals surface area (Å²) in [5, 5.41) is 7.49. The molecule has 0 spiro atoms. The van der Waals surface area contributed by atoms with Crippen LogP contribution in [0.15, 0.2) is 24.3 Å². The van der Waals surface area contributed by atoms with Gasteiger partial charge in [0.05, 0.1) is 20.6 Å². The molecule has 0 radical (unpaired) electrons. The third-order valence-electron chi connectivity index (χ3n) is 4.68. The van der Waals surface area contributed by atoms with Crippen molar-refractivity contribution in [2.24, 2.45) is 5.41 Å². The SMILES string of the molecule is CCCNCCNC(=O)C(CC)(CC)Cc1nc2ccccc2s1. The van der Waals surface area contributed by atoms with E-state index in [1.54, 1.807) is 11.3 Å². The number of hydrogen-bond donors (Lipinski definition) is 2. The molecule has 132 valence electrons. The Hall–Kier alpha value is -1.46. The van der Waals surface area contributed by atoms with E-state index in [1.807, 2.05) is 18.2 Å².